The number of nitrogens with one attached hydrogen (secondary N) is 1. The molecule has 0 radical (unpaired) electrons. The molecule has 86 valence electrons. The summed E-state index contributed by atoms with van der Waals surface area (Å²) in [7, 11) is 0. The van der Waals surface area contributed by atoms with Gasteiger partial charge in [0.25, 0.3) is 0 Å². The molecular weight excluding hydrogens is 202 g/mol. The average Bonchev–Trinajstić information content (AvgIpc) is 2.57. The number of anilines is 1. The highest BCUT2D eigenvalue weighted by molar-refractivity contribution is 5.61. The molecule has 0 saturated heterocycles. The van der Waals surface area contributed by atoms with E-state index in [1.54, 1.807) is 6.20 Å². The quantitative estimate of drug-likeness (QED) is 0.838. The lowest BCUT2D eigenvalue weighted by atomic mass is 9.97. The minimum absolute atomic E-state index is 0.212. The van der Waals surface area contributed by atoms with Crippen LogP contribution in [0, 0.1) is 12.3 Å². The molecule has 0 aliphatic heterocycles. The maximum Gasteiger partial charge on any atom is 0.203 e. The van der Waals surface area contributed by atoms with Crippen LogP contribution in [0.5, 0.6) is 0 Å². The van der Waals surface area contributed by atoms with Crippen LogP contribution >= 0.6 is 0 Å². The zero-order valence-corrected chi connectivity index (χ0v) is 10.2. The summed E-state index contributed by atoms with van der Waals surface area (Å²) in [4.78, 5) is 4.29. The van der Waals surface area contributed by atoms with Gasteiger partial charge in [0.2, 0.25) is 5.65 Å². The van der Waals surface area contributed by atoms with Gasteiger partial charge in [-0.2, -0.15) is 0 Å². The van der Waals surface area contributed by atoms with Crippen LogP contribution in [-0.4, -0.2) is 26.1 Å². The van der Waals surface area contributed by atoms with Crippen LogP contribution in [0.2, 0.25) is 0 Å². The molecule has 0 saturated carbocycles. The van der Waals surface area contributed by atoms with Crippen molar-refractivity contribution in [3.8, 4) is 0 Å². The van der Waals surface area contributed by atoms with E-state index in [0.717, 1.165) is 23.8 Å². The molecule has 1 N–H and O–H groups in total. The number of aromatic nitrogens is 4. The SMILES string of the molecule is Cc1nnc2c(NCC(C)(C)C)nccn12. The highest BCUT2D eigenvalue weighted by Crippen LogP contribution is 2.16. The van der Waals surface area contributed by atoms with E-state index in [0.29, 0.717) is 0 Å². The predicted octanol–water partition coefficient (Wildman–Crippen LogP) is 1.89. The molecule has 0 bridgehead atoms. The van der Waals surface area contributed by atoms with Crippen molar-refractivity contribution in [1.29, 1.82) is 0 Å². The van der Waals surface area contributed by atoms with E-state index in [4.69, 9.17) is 0 Å². The second kappa shape index (κ2) is 3.73. The minimum atomic E-state index is 0.212. The Morgan fingerprint density at radius 1 is 1.31 bits per heavy atom. The summed E-state index contributed by atoms with van der Waals surface area (Å²) in [5.74, 6) is 1.66. The third kappa shape index (κ3) is 2.13. The Bertz CT molecular complexity index is 495. The van der Waals surface area contributed by atoms with Crippen LogP contribution in [0.4, 0.5) is 5.82 Å². The molecule has 16 heavy (non-hydrogen) atoms. The molecule has 0 amide bonds. The van der Waals surface area contributed by atoms with Gasteiger partial charge in [-0.15, -0.1) is 10.2 Å². The van der Waals surface area contributed by atoms with Crippen molar-refractivity contribution in [2.45, 2.75) is 27.7 Å². The van der Waals surface area contributed by atoms with Gasteiger partial charge in [0.1, 0.15) is 5.82 Å². The van der Waals surface area contributed by atoms with Crippen molar-refractivity contribution >= 4 is 11.5 Å². The minimum Gasteiger partial charge on any atom is -0.366 e. The lowest BCUT2D eigenvalue weighted by Gasteiger charge is -2.19. The summed E-state index contributed by atoms with van der Waals surface area (Å²) in [6.07, 6.45) is 3.63. The molecule has 0 atom stereocenters. The van der Waals surface area contributed by atoms with Crippen molar-refractivity contribution in [3.05, 3.63) is 18.2 Å². The summed E-state index contributed by atoms with van der Waals surface area (Å²) >= 11 is 0. The van der Waals surface area contributed by atoms with Gasteiger partial charge in [0.05, 0.1) is 0 Å². The van der Waals surface area contributed by atoms with E-state index in [2.05, 4.69) is 41.3 Å². The van der Waals surface area contributed by atoms with Crippen LogP contribution in [-0.2, 0) is 0 Å². The van der Waals surface area contributed by atoms with Gasteiger partial charge in [0.15, 0.2) is 5.82 Å². The van der Waals surface area contributed by atoms with Gasteiger partial charge in [-0.3, -0.25) is 4.40 Å². The summed E-state index contributed by atoms with van der Waals surface area (Å²) in [6, 6.07) is 0. The van der Waals surface area contributed by atoms with Crippen LogP contribution in [0.25, 0.3) is 5.65 Å². The first-order valence-corrected chi connectivity index (χ1v) is 5.37. The lowest BCUT2D eigenvalue weighted by Crippen LogP contribution is -2.20. The molecule has 2 aromatic rings. The zero-order chi connectivity index (χ0) is 11.8. The normalized spacial score (nSPS) is 12.0. The third-order valence-electron chi connectivity index (χ3n) is 2.28. The number of fused-ring (bicyclic) bond motifs is 1. The number of nitrogens with zero attached hydrogens (tertiary/aromatic N) is 4. The highest BCUT2D eigenvalue weighted by atomic mass is 15.3. The van der Waals surface area contributed by atoms with Crippen molar-refractivity contribution in [3.63, 3.8) is 0 Å². The smallest absolute Gasteiger partial charge is 0.203 e. The second-order valence-corrected chi connectivity index (χ2v) is 5.13. The number of hydrogen-bond donors (Lipinski definition) is 1. The first kappa shape index (κ1) is 10.9. The maximum absolute atomic E-state index is 4.29. The molecule has 2 aromatic heterocycles. The second-order valence-electron chi connectivity index (χ2n) is 5.13. The van der Waals surface area contributed by atoms with Crippen molar-refractivity contribution < 1.29 is 0 Å². The molecule has 0 aliphatic carbocycles. The monoisotopic (exact) mass is 219 g/mol. The van der Waals surface area contributed by atoms with Gasteiger partial charge in [-0.25, -0.2) is 4.98 Å². The predicted molar refractivity (Wildman–Crippen MR) is 63.5 cm³/mol. The first-order chi connectivity index (χ1) is 7.47. The van der Waals surface area contributed by atoms with Crippen LogP contribution in [0.15, 0.2) is 12.4 Å². The Morgan fingerprint density at radius 2 is 2.06 bits per heavy atom. The Balaban J connectivity index is 2.31. The van der Waals surface area contributed by atoms with E-state index in [1.165, 1.54) is 0 Å². The number of hydrogen-bond acceptors (Lipinski definition) is 4. The molecule has 5 heteroatoms. The largest absolute Gasteiger partial charge is 0.366 e. The van der Waals surface area contributed by atoms with E-state index >= 15 is 0 Å². The van der Waals surface area contributed by atoms with E-state index in [1.807, 2.05) is 17.5 Å². The molecule has 0 spiro atoms. The van der Waals surface area contributed by atoms with Crippen LogP contribution < -0.4 is 5.32 Å². The van der Waals surface area contributed by atoms with E-state index < -0.39 is 0 Å². The van der Waals surface area contributed by atoms with Gasteiger partial charge in [0, 0.05) is 18.9 Å². The molecule has 2 rings (SSSR count). The van der Waals surface area contributed by atoms with Gasteiger partial charge in [-0.05, 0) is 12.3 Å². The Morgan fingerprint density at radius 3 is 2.75 bits per heavy atom. The Labute approximate surface area is 94.9 Å². The average molecular weight is 219 g/mol. The van der Waals surface area contributed by atoms with Gasteiger partial charge < -0.3 is 5.32 Å². The summed E-state index contributed by atoms with van der Waals surface area (Å²) < 4.78 is 1.93. The Kier molecular flexibility index (Phi) is 2.53. The molecule has 0 aliphatic rings. The lowest BCUT2D eigenvalue weighted by molar-refractivity contribution is 0.442. The molecule has 2 heterocycles. The van der Waals surface area contributed by atoms with Crippen molar-refractivity contribution in [2.75, 3.05) is 11.9 Å². The fourth-order valence-corrected chi connectivity index (χ4v) is 1.42. The maximum atomic E-state index is 4.29. The highest BCUT2D eigenvalue weighted by Gasteiger charge is 2.12. The van der Waals surface area contributed by atoms with E-state index in [9.17, 15) is 0 Å². The molecule has 0 aromatic carbocycles. The molecule has 0 fully saturated rings. The molecule has 0 unspecified atom stereocenters. The third-order valence-corrected chi connectivity index (χ3v) is 2.28. The standard InChI is InChI=1S/C11H17N5/c1-8-14-15-10-9(12-5-6-16(8)10)13-7-11(2,3)4/h5-6H,7H2,1-4H3,(H,12,13). The topological polar surface area (TPSA) is 55.1 Å². The summed E-state index contributed by atoms with van der Waals surface area (Å²) in [6.45, 7) is 9.30. The first-order valence-electron chi connectivity index (χ1n) is 5.37. The van der Waals surface area contributed by atoms with Crippen LogP contribution in [0.3, 0.4) is 0 Å². The Hall–Kier alpha value is -1.65. The summed E-state index contributed by atoms with van der Waals surface area (Å²) in [5.41, 5.74) is 0.994. The van der Waals surface area contributed by atoms with Crippen molar-refractivity contribution in [2.24, 2.45) is 5.41 Å². The number of rotatable bonds is 2. The van der Waals surface area contributed by atoms with Gasteiger partial charge >= 0.3 is 0 Å². The fourth-order valence-electron chi connectivity index (χ4n) is 1.42. The summed E-state index contributed by atoms with van der Waals surface area (Å²) in [5, 5.41) is 11.4. The fraction of sp³-hybridized carbons (Fsp3) is 0.545. The van der Waals surface area contributed by atoms with E-state index in [-0.39, 0.29) is 5.41 Å². The number of aryl methyl sites for hydroxylation is 1. The molecular formula is C11H17N5. The van der Waals surface area contributed by atoms with Crippen LogP contribution in [0.1, 0.15) is 26.6 Å². The van der Waals surface area contributed by atoms with Gasteiger partial charge in [-0.1, -0.05) is 20.8 Å². The zero-order valence-electron chi connectivity index (χ0n) is 10.2. The van der Waals surface area contributed by atoms with Crippen molar-refractivity contribution in [1.82, 2.24) is 19.6 Å². The molecule has 5 nitrogen and oxygen atoms in total.